The highest BCUT2D eigenvalue weighted by Gasteiger charge is 2.40. The number of carboxylic acid groups (broad SMARTS) is 1. The average molecular weight is 218 g/mol. The number of aryl methyl sites for hydroxylation is 1. The first kappa shape index (κ1) is 11.2. The van der Waals surface area contributed by atoms with E-state index >= 15 is 0 Å². The Hall–Kier alpha value is -1.31. The summed E-state index contributed by atoms with van der Waals surface area (Å²) < 4.78 is 0. The molecule has 0 heterocycles. The number of fused-ring (bicyclic) bond motifs is 1. The normalized spacial score (nSPS) is 25.9. The van der Waals surface area contributed by atoms with Crippen LogP contribution in [0, 0.1) is 5.92 Å². The molecule has 1 N–H and O–H groups in total. The summed E-state index contributed by atoms with van der Waals surface area (Å²) in [6, 6.07) is 8.27. The Balaban J connectivity index is 2.48. The first-order chi connectivity index (χ1) is 7.55. The first-order valence-electron chi connectivity index (χ1n) is 5.87. The molecule has 0 aromatic heterocycles. The van der Waals surface area contributed by atoms with E-state index in [0.29, 0.717) is 0 Å². The van der Waals surface area contributed by atoms with Gasteiger partial charge in [0.2, 0.25) is 0 Å². The third kappa shape index (κ3) is 1.62. The Bertz CT molecular complexity index is 411. The van der Waals surface area contributed by atoms with Crippen LogP contribution in [0.1, 0.15) is 37.8 Å². The molecule has 0 radical (unpaired) electrons. The predicted octanol–water partition coefficient (Wildman–Crippen LogP) is 3.00. The molecule has 16 heavy (non-hydrogen) atoms. The molecular formula is C14H18O2. The molecule has 0 amide bonds. The van der Waals surface area contributed by atoms with Crippen molar-refractivity contribution < 1.29 is 9.90 Å². The van der Waals surface area contributed by atoms with E-state index in [-0.39, 0.29) is 11.3 Å². The number of carbonyl (C=O) groups is 1. The lowest BCUT2D eigenvalue weighted by molar-refractivity contribution is -0.143. The molecule has 2 heteroatoms. The van der Waals surface area contributed by atoms with Crippen molar-refractivity contribution in [3.8, 4) is 0 Å². The van der Waals surface area contributed by atoms with E-state index in [1.54, 1.807) is 0 Å². The topological polar surface area (TPSA) is 37.3 Å². The molecule has 2 atom stereocenters. The predicted molar refractivity (Wildman–Crippen MR) is 63.5 cm³/mol. The smallest absolute Gasteiger partial charge is 0.307 e. The average Bonchev–Trinajstić information content (AvgIpc) is 2.28. The van der Waals surface area contributed by atoms with E-state index in [4.69, 9.17) is 0 Å². The van der Waals surface area contributed by atoms with E-state index in [2.05, 4.69) is 19.1 Å². The summed E-state index contributed by atoms with van der Waals surface area (Å²) in [5.74, 6) is -1.02. The van der Waals surface area contributed by atoms with Crippen LogP contribution in [0.2, 0.25) is 0 Å². The zero-order valence-corrected chi connectivity index (χ0v) is 9.86. The number of carboxylic acids is 1. The van der Waals surface area contributed by atoms with Gasteiger partial charge in [-0.25, -0.2) is 0 Å². The third-order valence-corrected chi connectivity index (χ3v) is 4.10. The Kier molecular flexibility index (Phi) is 2.75. The SMILES string of the molecule is CC(C(=O)O)C1(C)CCCc2ccccc21. The number of aliphatic carboxylic acids is 1. The fourth-order valence-electron chi connectivity index (χ4n) is 2.80. The van der Waals surface area contributed by atoms with Crippen molar-refractivity contribution in [2.24, 2.45) is 5.92 Å². The van der Waals surface area contributed by atoms with Crippen LogP contribution in [0.25, 0.3) is 0 Å². The van der Waals surface area contributed by atoms with Gasteiger partial charge in [-0.15, -0.1) is 0 Å². The van der Waals surface area contributed by atoms with E-state index in [1.165, 1.54) is 11.1 Å². The van der Waals surface area contributed by atoms with Crippen molar-refractivity contribution in [2.45, 2.75) is 38.5 Å². The summed E-state index contributed by atoms with van der Waals surface area (Å²) in [6.07, 6.45) is 3.14. The maximum atomic E-state index is 11.2. The molecule has 86 valence electrons. The Morgan fingerprint density at radius 3 is 2.81 bits per heavy atom. The second-order valence-corrected chi connectivity index (χ2v) is 4.99. The molecule has 0 saturated carbocycles. The maximum absolute atomic E-state index is 11.2. The van der Waals surface area contributed by atoms with Gasteiger partial charge in [0.1, 0.15) is 0 Å². The molecule has 0 aliphatic heterocycles. The molecule has 0 bridgehead atoms. The number of hydrogen-bond acceptors (Lipinski definition) is 1. The van der Waals surface area contributed by atoms with Crippen LogP contribution in [0.3, 0.4) is 0 Å². The molecule has 0 fully saturated rings. The van der Waals surface area contributed by atoms with Crippen LogP contribution in [-0.2, 0) is 16.6 Å². The summed E-state index contributed by atoms with van der Waals surface area (Å²) in [7, 11) is 0. The zero-order valence-electron chi connectivity index (χ0n) is 9.86. The van der Waals surface area contributed by atoms with E-state index in [9.17, 15) is 9.90 Å². The van der Waals surface area contributed by atoms with E-state index in [0.717, 1.165) is 19.3 Å². The zero-order chi connectivity index (χ0) is 11.8. The molecule has 1 aliphatic rings. The van der Waals surface area contributed by atoms with Crippen LogP contribution >= 0.6 is 0 Å². The summed E-state index contributed by atoms with van der Waals surface area (Å²) in [6.45, 7) is 3.91. The van der Waals surface area contributed by atoms with Crippen molar-refractivity contribution in [3.63, 3.8) is 0 Å². The summed E-state index contributed by atoms with van der Waals surface area (Å²) in [5, 5.41) is 9.23. The van der Waals surface area contributed by atoms with Gasteiger partial charge in [-0.05, 0) is 30.4 Å². The van der Waals surface area contributed by atoms with Gasteiger partial charge in [-0.3, -0.25) is 4.79 Å². The standard InChI is InChI=1S/C14H18O2/c1-10(13(15)16)14(2)9-5-7-11-6-3-4-8-12(11)14/h3-4,6,8,10H,5,7,9H2,1-2H3,(H,15,16). The van der Waals surface area contributed by atoms with Crippen molar-refractivity contribution in [2.75, 3.05) is 0 Å². The first-order valence-corrected chi connectivity index (χ1v) is 5.87. The van der Waals surface area contributed by atoms with Gasteiger partial charge in [0.25, 0.3) is 0 Å². The molecule has 1 aromatic carbocycles. The highest BCUT2D eigenvalue weighted by Crippen LogP contribution is 2.42. The van der Waals surface area contributed by atoms with Crippen LogP contribution in [0.15, 0.2) is 24.3 Å². The molecule has 0 saturated heterocycles. The van der Waals surface area contributed by atoms with Crippen molar-refractivity contribution in [3.05, 3.63) is 35.4 Å². The minimum Gasteiger partial charge on any atom is -0.481 e. The molecule has 2 unspecified atom stereocenters. The molecule has 2 nitrogen and oxygen atoms in total. The summed E-state index contributed by atoms with van der Waals surface area (Å²) >= 11 is 0. The van der Waals surface area contributed by atoms with Crippen LogP contribution < -0.4 is 0 Å². The highest BCUT2D eigenvalue weighted by atomic mass is 16.4. The number of hydrogen-bond donors (Lipinski definition) is 1. The highest BCUT2D eigenvalue weighted by molar-refractivity contribution is 5.72. The van der Waals surface area contributed by atoms with Gasteiger partial charge in [0.15, 0.2) is 0 Å². The van der Waals surface area contributed by atoms with Gasteiger partial charge in [0.05, 0.1) is 5.92 Å². The Morgan fingerprint density at radius 1 is 1.44 bits per heavy atom. The Morgan fingerprint density at radius 2 is 2.12 bits per heavy atom. The molecule has 1 aliphatic carbocycles. The second kappa shape index (κ2) is 3.93. The van der Waals surface area contributed by atoms with Crippen molar-refractivity contribution >= 4 is 5.97 Å². The Labute approximate surface area is 96.3 Å². The fraction of sp³-hybridized carbons (Fsp3) is 0.500. The molecule has 2 rings (SSSR count). The van der Waals surface area contributed by atoms with Crippen LogP contribution in [0.4, 0.5) is 0 Å². The number of rotatable bonds is 2. The monoisotopic (exact) mass is 218 g/mol. The van der Waals surface area contributed by atoms with Gasteiger partial charge >= 0.3 is 5.97 Å². The van der Waals surface area contributed by atoms with Crippen LogP contribution in [0.5, 0.6) is 0 Å². The molecular weight excluding hydrogens is 200 g/mol. The minimum atomic E-state index is -0.695. The molecule has 1 aromatic rings. The van der Waals surface area contributed by atoms with Crippen LogP contribution in [-0.4, -0.2) is 11.1 Å². The lowest BCUT2D eigenvalue weighted by atomic mass is 9.64. The lowest BCUT2D eigenvalue weighted by Gasteiger charge is -2.39. The minimum absolute atomic E-state index is 0.208. The van der Waals surface area contributed by atoms with Crippen molar-refractivity contribution in [1.29, 1.82) is 0 Å². The number of benzene rings is 1. The van der Waals surface area contributed by atoms with Gasteiger partial charge in [-0.1, -0.05) is 38.1 Å². The van der Waals surface area contributed by atoms with Crippen molar-refractivity contribution in [1.82, 2.24) is 0 Å². The largest absolute Gasteiger partial charge is 0.481 e. The second-order valence-electron chi connectivity index (χ2n) is 4.99. The van der Waals surface area contributed by atoms with E-state index < -0.39 is 5.97 Å². The quantitative estimate of drug-likeness (QED) is 0.828. The van der Waals surface area contributed by atoms with Gasteiger partial charge in [-0.2, -0.15) is 0 Å². The molecule has 0 spiro atoms. The van der Waals surface area contributed by atoms with E-state index in [1.807, 2.05) is 19.1 Å². The fourth-order valence-corrected chi connectivity index (χ4v) is 2.80. The maximum Gasteiger partial charge on any atom is 0.307 e. The third-order valence-electron chi connectivity index (χ3n) is 4.10. The lowest BCUT2D eigenvalue weighted by Crippen LogP contribution is -2.38. The summed E-state index contributed by atoms with van der Waals surface area (Å²) in [4.78, 5) is 11.2. The van der Waals surface area contributed by atoms with Gasteiger partial charge in [0, 0.05) is 5.41 Å². The van der Waals surface area contributed by atoms with Gasteiger partial charge < -0.3 is 5.11 Å². The summed E-state index contributed by atoms with van der Waals surface area (Å²) in [5.41, 5.74) is 2.35.